The van der Waals surface area contributed by atoms with Gasteiger partial charge in [-0.15, -0.1) is 0 Å². The lowest BCUT2D eigenvalue weighted by atomic mass is 10.0. The summed E-state index contributed by atoms with van der Waals surface area (Å²) >= 11 is 0. The van der Waals surface area contributed by atoms with Gasteiger partial charge in [0.1, 0.15) is 11.5 Å². The van der Waals surface area contributed by atoms with E-state index < -0.39 is 15.1 Å². The second kappa shape index (κ2) is 8.43. The fourth-order valence-corrected chi connectivity index (χ4v) is 6.87. The Morgan fingerprint density at radius 2 is 1.34 bits per heavy atom. The van der Waals surface area contributed by atoms with Crippen LogP contribution in [0, 0.1) is 0 Å². The number of para-hydroxylation sites is 2. The molecular weight excluding hydrogens is 422 g/mol. The fourth-order valence-electron chi connectivity index (χ4n) is 5.00. The lowest BCUT2D eigenvalue weighted by molar-refractivity contribution is 0.0595. The smallest absolute Gasteiger partial charge is 0.258 e. The lowest BCUT2D eigenvalue weighted by Gasteiger charge is -2.39. The van der Waals surface area contributed by atoms with Crippen LogP contribution in [-0.2, 0) is 9.84 Å². The Morgan fingerprint density at radius 1 is 0.781 bits per heavy atom. The molecule has 32 heavy (non-hydrogen) atoms. The molecule has 0 radical (unpaired) electrons. The number of hydrogen-bond acceptors (Lipinski definition) is 4. The zero-order chi connectivity index (χ0) is 22.1. The molecule has 2 bridgehead atoms. The summed E-state index contributed by atoms with van der Waals surface area (Å²) in [5, 5.41) is -0.456. The maximum atomic E-state index is 13.6. The van der Waals surface area contributed by atoms with Gasteiger partial charge in [0, 0.05) is 12.1 Å². The Balaban J connectivity index is 1.38. The Kier molecular flexibility index (Phi) is 5.47. The van der Waals surface area contributed by atoms with Gasteiger partial charge in [-0.05, 0) is 62.1 Å². The van der Waals surface area contributed by atoms with Gasteiger partial charge >= 0.3 is 0 Å². The first-order valence-corrected chi connectivity index (χ1v) is 12.5. The third-order valence-corrected chi connectivity index (χ3v) is 8.72. The first-order chi connectivity index (χ1) is 15.5. The summed E-state index contributed by atoms with van der Waals surface area (Å²) in [7, 11) is -3.41. The predicted octanol–water partition coefficient (Wildman–Crippen LogP) is 5.09. The standard InChI is InChI=1S/C26H25NO4S/c28-26(24-13-7-8-14-25(24)31-21-9-3-1-4-10-21)27-19-15-16-20(27)18-23(17-19)32(29,30)22-11-5-2-6-12-22/h1-14,19-20,23H,15-18H2. The van der Waals surface area contributed by atoms with E-state index in [2.05, 4.69) is 0 Å². The molecule has 5 rings (SSSR count). The van der Waals surface area contributed by atoms with Crippen molar-refractivity contribution in [1.29, 1.82) is 0 Å². The molecule has 5 nitrogen and oxygen atoms in total. The van der Waals surface area contributed by atoms with Crippen molar-refractivity contribution in [3.63, 3.8) is 0 Å². The second-order valence-electron chi connectivity index (χ2n) is 8.46. The minimum absolute atomic E-state index is 0.0745. The molecule has 0 aliphatic carbocycles. The highest BCUT2D eigenvalue weighted by atomic mass is 32.2. The van der Waals surface area contributed by atoms with Crippen molar-refractivity contribution in [2.45, 2.75) is 47.9 Å². The summed E-state index contributed by atoms with van der Waals surface area (Å²) in [5.41, 5.74) is 0.512. The number of piperidine rings is 1. The van der Waals surface area contributed by atoms with E-state index in [1.54, 1.807) is 36.4 Å². The molecule has 0 spiro atoms. The van der Waals surface area contributed by atoms with E-state index in [-0.39, 0.29) is 18.0 Å². The quantitative estimate of drug-likeness (QED) is 0.547. The van der Waals surface area contributed by atoms with E-state index in [1.807, 2.05) is 53.4 Å². The van der Waals surface area contributed by atoms with Crippen LogP contribution < -0.4 is 4.74 Å². The Morgan fingerprint density at radius 3 is 2.00 bits per heavy atom. The predicted molar refractivity (Wildman–Crippen MR) is 123 cm³/mol. The number of ether oxygens (including phenoxy) is 1. The molecular formula is C26H25NO4S. The minimum atomic E-state index is -3.41. The van der Waals surface area contributed by atoms with E-state index in [0.29, 0.717) is 34.8 Å². The van der Waals surface area contributed by atoms with Crippen molar-refractivity contribution >= 4 is 15.7 Å². The number of amides is 1. The largest absolute Gasteiger partial charge is 0.457 e. The molecule has 2 fully saturated rings. The molecule has 2 aliphatic rings. The van der Waals surface area contributed by atoms with Crippen molar-refractivity contribution in [2.75, 3.05) is 0 Å². The van der Waals surface area contributed by atoms with Gasteiger partial charge in [0.2, 0.25) is 0 Å². The lowest BCUT2D eigenvalue weighted by Crippen LogP contribution is -2.49. The van der Waals surface area contributed by atoms with Crippen molar-refractivity contribution in [2.24, 2.45) is 0 Å². The van der Waals surface area contributed by atoms with Crippen LogP contribution >= 0.6 is 0 Å². The van der Waals surface area contributed by atoms with Crippen molar-refractivity contribution in [3.05, 3.63) is 90.5 Å². The van der Waals surface area contributed by atoms with Gasteiger partial charge < -0.3 is 9.64 Å². The van der Waals surface area contributed by atoms with E-state index in [1.165, 1.54) is 0 Å². The van der Waals surface area contributed by atoms with Crippen molar-refractivity contribution < 1.29 is 17.9 Å². The molecule has 3 aromatic carbocycles. The maximum Gasteiger partial charge on any atom is 0.258 e. The molecule has 164 valence electrons. The molecule has 2 unspecified atom stereocenters. The highest BCUT2D eigenvalue weighted by Crippen LogP contribution is 2.41. The molecule has 0 saturated carbocycles. The van der Waals surface area contributed by atoms with Crippen LogP contribution in [-0.4, -0.2) is 36.6 Å². The number of carbonyl (C=O) groups is 1. The van der Waals surface area contributed by atoms with E-state index in [4.69, 9.17) is 4.74 Å². The maximum absolute atomic E-state index is 13.6. The molecule has 2 heterocycles. The number of carbonyl (C=O) groups excluding carboxylic acids is 1. The van der Waals surface area contributed by atoms with Gasteiger partial charge in [-0.3, -0.25) is 4.79 Å². The monoisotopic (exact) mass is 447 g/mol. The summed E-state index contributed by atoms with van der Waals surface area (Å²) in [6, 6.07) is 25.2. The highest BCUT2D eigenvalue weighted by Gasteiger charge is 2.47. The van der Waals surface area contributed by atoms with Crippen LogP contribution in [0.2, 0.25) is 0 Å². The number of hydrogen-bond donors (Lipinski definition) is 0. The van der Waals surface area contributed by atoms with E-state index in [0.717, 1.165) is 12.8 Å². The Bertz CT molecular complexity index is 1200. The van der Waals surface area contributed by atoms with Crippen LogP contribution in [0.5, 0.6) is 11.5 Å². The van der Waals surface area contributed by atoms with Crippen molar-refractivity contribution in [1.82, 2.24) is 4.90 Å². The van der Waals surface area contributed by atoms with Gasteiger partial charge in [0.25, 0.3) is 5.91 Å². The highest BCUT2D eigenvalue weighted by molar-refractivity contribution is 7.92. The van der Waals surface area contributed by atoms with Crippen molar-refractivity contribution in [3.8, 4) is 11.5 Å². The zero-order valence-corrected chi connectivity index (χ0v) is 18.4. The summed E-state index contributed by atoms with van der Waals surface area (Å²) in [4.78, 5) is 15.9. The van der Waals surface area contributed by atoms with Crippen LogP contribution in [0.3, 0.4) is 0 Å². The van der Waals surface area contributed by atoms with Gasteiger partial charge in [-0.25, -0.2) is 8.42 Å². The second-order valence-corrected chi connectivity index (χ2v) is 10.7. The fraction of sp³-hybridized carbons (Fsp3) is 0.269. The third-order valence-electron chi connectivity index (χ3n) is 6.52. The summed E-state index contributed by atoms with van der Waals surface area (Å²) < 4.78 is 32.4. The van der Waals surface area contributed by atoms with Crippen LogP contribution in [0.4, 0.5) is 0 Å². The third kappa shape index (κ3) is 3.79. The molecule has 0 aromatic heterocycles. The van der Waals surface area contributed by atoms with Gasteiger partial charge in [-0.2, -0.15) is 0 Å². The number of nitrogens with zero attached hydrogens (tertiary/aromatic N) is 1. The topological polar surface area (TPSA) is 63.7 Å². The summed E-state index contributed by atoms with van der Waals surface area (Å²) in [5.74, 6) is 1.10. The first-order valence-electron chi connectivity index (χ1n) is 11.0. The van der Waals surface area contributed by atoms with E-state index in [9.17, 15) is 13.2 Å². The van der Waals surface area contributed by atoms with Gasteiger partial charge in [0.05, 0.1) is 15.7 Å². The van der Waals surface area contributed by atoms with E-state index >= 15 is 0 Å². The molecule has 0 N–H and O–H groups in total. The minimum Gasteiger partial charge on any atom is -0.457 e. The number of rotatable bonds is 5. The van der Waals surface area contributed by atoms with Gasteiger partial charge in [0.15, 0.2) is 9.84 Å². The zero-order valence-electron chi connectivity index (χ0n) is 17.6. The SMILES string of the molecule is O=C(c1ccccc1Oc1ccccc1)N1C2CCC1CC(S(=O)(=O)c1ccccc1)C2. The number of sulfone groups is 1. The van der Waals surface area contributed by atoms with Crippen LogP contribution in [0.25, 0.3) is 0 Å². The molecule has 1 amide bonds. The first kappa shape index (κ1) is 20.8. The average Bonchev–Trinajstić information content (AvgIpc) is 3.09. The van der Waals surface area contributed by atoms with Gasteiger partial charge in [-0.1, -0.05) is 48.5 Å². The molecule has 3 aromatic rings. The molecule has 2 atom stereocenters. The van der Waals surface area contributed by atoms with Crippen LogP contribution in [0.1, 0.15) is 36.0 Å². The summed E-state index contributed by atoms with van der Waals surface area (Å²) in [6.07, 6.45) is 2.61. The number of benzene rings is 3. The summed E-state index contributed by atoms with van der Waals surface area (Å²) in [6.45, 7) is 0. The molecule has 2 aliphatic heterocycles. The average molecular weight is 448 g/mol. The Hall–Kier alpha value is -3.12. The molecule has 2 saturated heterocycles. The Labute approximate surface area is 188 Å². The van der Waals surface area contributed by atoms with Crippen LogP contribution in [0.15, 0.2) is 89.8 Å². The molecule has 6 heteroatoms. The normalized spacial score (nSPS) is 22.5. The number of fused-ring (bicyclic) bond motifs is 2.